The molecule has 30 nitrogen and oxygen atoms in total. The van der Waals surface area contributed by atoms with E-state index in [1.807, 2.05) is 95.8 Å². The number of imidazole rings is 8. The van der Waals surface area contributed by atoms with Gasteiger partial charge in [-0.05, 0) is 171 Å². The number of H-pyrrole nitrogens is 1. The minimum Gasteiger partial charge on any atom is -0.346 e. The van der Waals surface area contributed by atoms with Gasteiger partial charge in [0, 0.05) is 90.9 Å². The molecule has 0 aromatic carbocycles. The van der Waals surface area contributed by atoms with Crippen LogP contribution in [0.1, 0.15) is 184 Å². The molecule has 0 saturated heterocycles. The van der Waals surface area contributed by atoms with Gasteiger partial charge in [-0.25, -0.2) is 84.7 Å². The molecule has 0 aliphatic carbocycles. The van der Waals surface area contributed by atoms with E-state index >= 15 is 0 Å². The van der Waals surface area contributed by atoms with E-state index in [0.717, 1.165) is 94.6 Å². The molecule has 0 saturated carbocycles. The van der Waals surface area contributed by atoms with Crippen LogP contribution in [-0.4, -0.2) is 146 Å². The normalized spacial score (nSPS) is 11.2. The molecule has 18 heterocycles. The molecule has 0 aliphatic heterocycles. The molecule has 558 valence electrons. The average molecular weight is 1450 g/mol. The van der Waals surface area contributed by atoms with Crippen molar-refractivity contribution in [3.8, 4) is 0 Å². The summed E-state index contributed by atoms with van der Waals surface area (Å²) in [6, 6.07) is 19.3. The van der Waals surface area contributed by atoms with Crippen molar-refractivity contribution in [1.29, 1.82) is 0 Å². The Balaban J connectivity index is 0.000000130. The summed E-state index contributed by atoms with van der Waals surface area (Å²) >= 11 is 0. The van der Waals surface area contributed by atoms with E-state index in [2.05, 4.69) is 274 Å². The third kappa shape index (κ3) is 19.3. The zero-order valence-electron chi connectivity index (χ0n) is 64.6. The molecular formula is C78H96N30. The fourth-order valence-corrected chi connectivity index (χ4v) is 11.3. The molecule has 1 N–H and O–H groups in total. The van der Waals surface area contributed by atoms with Crippen LogP contribution in [0.25, 0.3) is 100.0 Å². The average Bonchev–Trinajstić information content (AvgIpc) is 1.75. The van der Waals surface area contributed by atoms with Crippen LogP contribution in [-0.2, 0) is 0 Å². The van der Waals surface area contributed by atoms with Crippen molar-refractivity contribution >= 4 is 100.0 Å². The van der Waals surface area contributed by atoms with Crippen molar-refractivity contribution in [2.75, 3.05) is 0 Å². The first-order valence-corrected chi connectivity index (χ1v) is 36.1. The van der Waals surface area contributed by atoms with Gasteiger partial charge in [0.15, 0.2) is 28.2 Å². The lowest BCUT2D eigenvalue weighted by Gasteiger charge is -2.06. The summed E-state index contributed by atoms with van der Waals surface area (Å²) in [4.78, 5) is 81.6. The largest absolute Gasteiger partial charge is 0.346 e. The first-order chi connectivity index (χ1) is 52.1. The Kier molecular flexibility index (Phi) is 26.6. The van der Waals surface area contributed by atoms with E-state index in [9.17, 15) is 0 Å². The maximum atomic E-state index is 4.26. The second kappa shape index (κ2) is 36.9. The summed E-state index contributed by atoms with van der Waals surface area (Å²) in [6.07, 6.45) is 42.4. The quantitative estimate of drug-likeness (QED) is 0.140. The molecule has 0 unspecified atom stereocenters. The van der Waals surface area contributed by atoms with Crippen molar-refractivity contribution in [2.24, 2.45) is 0 Å². The van der Waals surface area contributed by atoms with E-state index in [1.165, 1.54) is 17.3 Å². The van der Waals surface area contributed by atoms with Crippen LogP contribution in [0.15, 0.2) is 199 Å². The maximum Gasteiger partial charge on any atom is 0.180 e. The first-order valence-electron chi connectivity index (χ1n) is 36.1. The van der Waals surface area contributed by atoms with Gasteiger partial charge in [0.2, 0.25) is 0 Å². The molecule has 30 heteroatoms. The number of nitrogens with zero attached hydrogens (tertiary/aromatic N) is 29. The van der Waals surface area contributed by atoms with Gasteiger partial charge in [0.25, 0.3) is 0 Å². The number of fused-ring (bicyclic) bond motifs is 9. The highest BCUT2D eigenvalue weighted by atomic mass is 15.2. The van der Waals surface area contributed by atoms with E-state index in [-0.39, 0.29) is 0 Å². The molecule has 0 aliphatic rings. The Morgan fingerprint density at radius 2 is 0.685 bits per heavy atom. The summed E-state index contributed by atoms with van der Waals surface area (Å²) in [5.41, 5.74) is 17.7. The number of aromatic amines is 1. The standard InChI is InChI=1S/C10H12N2.4C9H11N3.4C8H10N4/c1-7(2)8-3-5-11-10-9(8)4-6-12-10;1-7(2)12-6-11-8-5-10-4-3-9(8)12;1-7(2)12-6-11-8-3-4-10-5-9(8)12;1-7(2)12-6-11-9-8(12)4-3-5-10-9;1-7(2)12-6-11-8-4-3-5-10-9(8)12;1-6(2)12-5-11-8-7(12)3-9-4-10-8;2*1-6(2)12-5-11-7-3-9-4-10-8(7)12;1-6(2)12-5-9-7-3-10-11-4-8(7)12/h3-7H,1-2H3,(H,11,12);4*3-7H,1-2H3;4*3-6H,1-2H3. The monoisotopic (exact) mass is 1450 g/mol. The first kappa shape index (κ1) is 78.0. The number of nitrogens with one attached hydrogen (secondary N) is 1. The molecule has 0 fully saturated rings. The van der Waals surface area contributed by atoms with E-state index < -0.39 is 0 Å². The summed E-state index contributed by atoms with van der Waals surface area (Å²) in [7, 11) is 0. The Hall–Kier alpha value is -12.6. The summed E-state index contributed by atoms with van der Waals surface area (Å²) < 4.78 is 16.6. The summed E-state index contributed by atoms with van der Waals surface area (Å²) in [5.74, 6) is 0.561. The fraction of sp³-hybridized carbons (Fsp3) is 0.346. The second-order valence-electron chi connectivity index (χ2n) is 27.6. The highest BCUT2D eigenvalue weighted by Gasteiger charge is 2.12. The zero-order chi connectivity index (χ0) is 77.0. The molecule has 18 aromatic rings. The fourth-order valence-electron chi connectivity index (χ4n) is 11.3. The lowest BCUT2D eigenvalue weighted by atomic mass is 10.0. The van der Waals surface area contributed by atoms with Gasteiger partial charge >= 0.3 is 0 Å². The maximum absolute atomic E-state index is 4.26. The second-order valence-corrected chi connectivity index (χ2v) is 27.6. The molecule has 0 radical (unpaired) electrons. The van der Waals surface area contributed by atoms with Crippen LogP contribution in [0, 0.1) is 0 Å². The van der Waals surface area contributed by atoms with Crippen molar-refractivity contribution < 1.29 is 0 Å². The lowest BCUT2D eigenvalue weighted by Crippen LogP contribution is -1.99. The van der Waals surface area contributed by atoms with Gasteiger partial charge in [-0.15, -0.1) is 0 Å². The molecule has 0 atom stereocenters. The van der Waals surface area contributed by atoms with Crippen LogP contribution >= 0.6 is 0 Å². The molecule has 0 bridgehead atoms. The number of hydrogen-bond acceptors (Lipinski definition) is 21. The molecule has 18 rings (SSSR count). The van der Waals surface area contributed by atoms with Gasteiger partial charge < -0.3 is 41.5 Å². The summed E-state index contributed by atoms with van der Waals surface area (Å²) in [6.45, 7) is 38.3. The molecule has 0 amide bonds. The van der Waals surface area contributed by atoms with Crippen molar-refractivity contribution in [1.82, 2.24) is 146 Å². The Morgan fingerprint density at radius 3 is 1.28 bits per heavy atom. The number of pyridine rings is 5. The predicted octanol–water partition coefficient (Wildman–Crippen LogP) is 16.4. The molecule has 18 aromatic heterocycles. The van der Waals surface area contributed by atoms with E-state index in [0.29, 0.717) is 54.3 Å². The summed E-state index contributed by atoms with van der Waals surface area (Å²) in [5, 5.41) is 8.82. The Morgan fingerprint density at radius 1 is 0.269 bits per heavy atom. The van der Waals surface area contributed by atoms with Gasteiger partial charge in [0.05, 0.1) is 122 Å². The van der Waals surface area contributed by atoms with E-state index in [1.54, 1.807) is 93.6 Å². The minimum atomic E-state index is 0.393. The van der Waals surface area contributed by atoms with Crippen LogP contribution < -0.4 is 0 Å². The SMILES string of the molecule is CC(C)c1ccnc2[nH]ccc12.CC(C)n1cnc2cccnc21.CC(C)n1cnc2ccncc21.CC(C)n1cnc2cnccc21.CC(C)n1cnc2cncnc21.CC(C)n1cnc2cncnc21.CC(C)n1cnc2cnncc21.CC(C)n1cnc2ncccc21.CC(C)n1cnc2ncncc21. The third-order valence-corrected chi connectivity index (χ3v) is 17.0. The zero-order valence-corrected chi connectivity index (χ0v) is 64.6. The lowest BCUT2D eigenvalue weighted by molar-refractivity contribution is 0.612. The topological polar surface area (TPSA) is 326 Å². The van der Waals surface area contributed by atoms with Crippen LogP contribution in [0.3, 0.4) is 0 Å². The third-order valence-electron chi connectivity index (χ3n) is 17.0. The van der Waals surface area contributed by atoms with Gasteiger partial charge in [-0.1, -0.05) is 13.8 Å². The number of hydrogen-bond donors (Lipinski definition) is 1. The van der Waals surface area contributed by atoms with E-state index in [4.69, 9.17) is 0 Å². The highest BCUT2D eigenvalue weighted by Crippen LogP contribution is 2.24. The molecule has 108 heavy (non-hydrogen) atoms. The smallest absolute Gasteiger partial charge is 0.180 e. The number of rotatable bonds is 9. The molecular weight excluding hydrogens is 1360 g/mol. The Labute approximate surface area is 626 Å². The number of aromatic nitrogens is 30. The highest BCUT2D eigenvalue weighted by molar-refractivity contribution is 5.80. The van der Waals surface area contributed by atoms with Crippen molar-refractivity contribution in [3.63, 3.8) is 0 Å². The van der Waals surface area contributed by atoms with Crippen LogP contribution in [0.5, 0.6) is 0 Å². The van der Waals surface area contributed by atoms with Crippen molar-refractivity contribution in [3.05, 3.63) is 204 Å². The molecule has 0 spiro atoms. The Bertz CT molecular complexity index is 4780. The van der Waals surface area contributed by atoms with Gasteiger partial charge in [-0.3, -0.25) is 9.97 Å². The minimum absolute atomic E-state index is 0.393. The van der Waals surface area contributed by atoms with Gasteiger partial charge in [-0.2, -0.15) is 10.2 Å². The van der Waals surface area contributed by atoms with Gasteiger partial charge in [0.1, 0.15) is 57.7 Å². The van der Waals surface area contributed by atoms with Crippen molar-refractivity contribution in [2.45, 2.75) is 179 Å². The van der Waals surface area contributed by atoms with Crippen LogP contribution in [0.4, 0.5) is 0 Å². The predicted molar refractivity (Wildman–Crippen MR) is 425 cm³/mol. The van der Waals surface area contributed by atoms with Crippen LogP contribution in [0.2, 0.25) is 0 Å².